The number of nitrogens with one attached hydrogen (secondary N) is 1. The molecule has 0 fully saturated rings. The van der Waals surface area contributed by atoms with Crippen molar-refractivity contribution in [3.8, 4) is 0 Å². The highest BCUT2D eigenvalue weighted by atomic mass is 16.1. The lowest BCUT2D eigenvalue weighted by molar-refractivity contribution is -0.121. The molecule has 0 spiro atoms. The van der Waals surface area contributed by atoms with E-state index in [1.165, 1.54) is 0 Å². The summed E-state index contributed by atoms with van der Waals surface area (Å²) in [5, 5.41) is 11.3. The summed E-state index contributed by atoms with van der Waals surface area (Å²) in [7, 11) is 0. The van der Waals surface area contributed by atoms with Crippen molar-refractivity contribution in [2.45, 2.75) is 18.9 Å². The summed E-state index contributed by atoms with van der Waals surface area (Å²) in [6.45, 7) is 0.348. The Morgan fingerprint density at radius 3 is 2.15 bits per heavy atom. The Morgan fingerprint density at radius 1 is 0.852 bits per heavy atom. The number of hydrogen-bond donors (Lipinski definition) is 1. The largest absolute Gasteiger partial charge is 0.349 e. The number of nitrogens with zero attached hydrogens (tertiary/aromatic N) is 3. The molecule has 0 saturated carbocycles. The van der Waals surface area contributed by atoms with E-state index >= 15 is 0 Å². The number of fused-ring (bicyclic) bond motifs is 1. The van der Waals surface area contributed by atoms with Crippen LogP contribution in [0.2, 0.25) is 0 Å². The van der Waals surface area contributed by atoms with Crippen LogP contribution in [0, 0.1) is 0 Å². The predicted molar refractivity (Wildman–Crippen MR) is 104 cm³/mol. The average Bonchev–Trinajstić information content (AvgIpc) is 3.15. The van der Waals surface area contributed by atoms with Crippen LogP contribution in [0.15, 0.2) is 85.1 Å². The van der Waals surface area contributed by atoms with E-state index in [1.54, 1.807) is 0 Å². The maximum absolute atomic E-state index is 12.7. The fraction of sp³-hybridized carbons (Fsp3) is 0.136. The van der Waals surface area contributed by atoms with E-state index in [1.807, 2.05) is 65.2 Å². The van der Waals surface area contributed by atoms with E-state index in [2.05, 4.69) is 39.8 Å². The van der Waals surface area contributed by atoms with Crippen molar-refractivity contribution in [1.82, 2.24) is 19.9 Å². The third kappa shape index (κ3) is 3.87. The van der Waals surface area contributed by atoms with Crippen LogP contribution >= 0.6 is 0 Å². The van der Waals surface area contributed by atoms with Crippen LogP contribution in [-0.4, -0.2) is 20.5 Å². The third-order valence-electron chi connectivity index (χ3n) is 4.62. The molecule has 5 nitrogen and oxygen atoms in total. The first-order chi connectivity index (χ1) is 13.3. The van der Waals surface area contributed by atoms with Gasteiger partial charge in [-0.2, -0.15) is 0 Å². The van der Waals surface area contributed by atoms with Crippen LogP contribution in [0.5, 0.6) is 0 Å². The van der Waals surface area contributed by atoms with Gasteiger partial charge in [0.1, 0.15) is 0 Å². The number of benzene rings is 2. The fourth-order valence-corrected chi connectivity index (χ4v) is 3.25. The molecule has 4 aromatic rings. The normalized spacial score (nSPS) is 11.0. The van der Waals surface area contributed by atoms with E-state index in [-0.39, 0.29) is 11.8 Å². The second kappa shape index (κ2) is 7.83. The van der Waals surface area contributed by atoms with E-state index in [0.29, 0.717) is 13.0 Å². The van der Waals surface area contributed by atoms with Crippen molar-refractivity contribution >= 4 is 11.6 Å². The van der Waals surface area contributed by atoms with Gasteiger partial charge < -0.3 is 5.32 Å². The maximum atomic E-state index is 12.7. The lowest BCUT2D eigenvalue weighted by atomic mass is 9.88. The van der Waals surface area contributed by atoms with Gasteiger partial charge in [0.2, 0.25) is 5.91 Å². The van der Waals surface area contributed by atoms with Gasteiger partial charge >= 0.3 is 0 Å². The number of carbonyl (C=O) groups is 1. The molecular formula is C22H20N4O. The zero-order valence-electron chi connectivity index (χ0n) is 14.8. The molecule has 2 aromatic heterocycles. The zero-order valence-corrected chi connectivity index (χ0v) is 14.8. The van der Waals surface area contributed by atoms with Gasteiger partial charge in [-0.1, -0.05) is 66.7 Å². The molecule has 2 aromatic carbocycles. The topological polar surface area (TPSA) is 59.3 Å². The average molecular weight is 356 g/mol. The summed E-state index contributed by atoms with van der Waals surface area (Å²) < 4.78 is 1.88. The highest BCUT2D eigenvalue weighted by Crippen LogP contribution is 2.27. The number of amides is 1. The lowest BCUT2D eigenvalue weighted by Crippen LogP contribution is -2.26. The highest BCUT2D eigenvalue weighted by Gasteiger charge is 2.18. The van der Waals surface area contributed by atoms with E-state index in [0.717, 1.165) is 22.6 Å². The smallest absolute Gasteiger partial charge is 0.221 e. The highest BCUT2D eigenvalue weighted by molar-refractivity contribution is 5.77. The Morgan fingerprint density at radius 2 is 1.48 bits per heavy atom. The minimum Gasteiger partial charge on any atom is -0.349 e. The molecule has 0 aliphatic rings. The minimum atomic E-state index is -0.0135. The molecule has 0 saturated heterocycles. The van der Waals surface area contributed by atoms with Gasteiger partial charge in [0.25, 0.3) is 0 Å². The van der Waals surface area contributed by atoms with Crippen LogP contribution < -0.4 is 5.32 Å². The summed E-state index contributed by atoms with van der Waals surface area (Å²) in [6.07, 6.45) is 2.28. The number of pyridine rings is 1. The van der Waals surface area contributed by atoms with Gasteiger partial charge in [-0.05, 0) is 23.3 Å². The van der Waals surface area contributed by atoms with E-state index in [4.69, 9.17) is 0 Å². The first-order valence-electron chi connectivity index (χ1n) is 8.96. The SMILES string of the molecule is O=C(CC(c1ccccc1)c1ccccc1)NCc1nnc2ccccn12. The van der Waals surface area contributed by atoms with Crippen molar-refractivity contribution in [3.05, 3.63) is 102 Å². The van der Waals surface area contributed by atoms with Gasteiger partial charge in [0.05, 0.1) is 6.54 Å². The molecule has 134 valence electrons. The van der Waals surface area contributed by atoms with Gasteiger partial charge in [-0.25, -0.2) is 0 Å². The molecule has 5 heteroatoms. The number of rotatable bonds is 6. The van der Waals surface area contributed by atoms with Crippen molar-refractivity contribution in [2.75, 3.05) is 0 Å². The maximum Gasteiger partial charge on any atom is 0.221 e. The zero-order chi connectivity index (χ0) is 18.5. The molecule has 0 radical (unpaired) electrons. The lowest BCUT2D eigenvalue weighted by Gasteiger charge is -2.17. The second-order valence-electron chi connectivity index (χ2n) is 6.40. The van der Waals surface area contributed by atoms with Gasteiger partial charge in [0.15, 0.2) is 11.5 Å². The Balaban J connectivity index is 1.49. The molecule has 1 N–H and O–H groups in total. The molecule has 4 rings (SSSR count). The Hall–Kier alpha value is -3.47. The van der Waals surface area contributed by atoms with Crippen molar-refractivity contribution < 1.29 is 4.79 Å². The van der Waals surface area contributed by atoms with Gasteiger partial charge in [-0.3, -0.25) is 9.20 Å². The molecule has 2 heterocycles. The molecule has 0 unspecified atom stereocenters. The van der Waals surface area contributed by atoms with Crippen LogP contribution in [0.25, 0.3) is 5.65 Å². The van der Waals surface area contributed by atoms with E-state index in [9.17, 15) is 4.79 Å². The molecule has 27 heavy (non-hydrogen) atoms. The van der Waals surface area contributed by atoms with Crippen LogP contribution in [0.3, 0.4) is 0 Å². The summed E-state index contributed by atoms with van der Waals surface area (Å²) in [5.74, 6) is 0.720. The van der Waals surface area contributed by atoms with Crippen LogP contribution in [-0.2, 0) is 11.3 Å². The minimum absolute atomic E-state index is 0.0135. The predicted octanol–water partition coefficient (Wildman–Crippen LogP) is 3.57. The monoisotopic (exact) mass is 356 g/mol. The molecule has 1 amide bonds. The molecular weight excluding hydrogens is 336 g/mol. The number of carbonyl (C=O) groups excluding carboxylic acids is 1. The van der Waals surface area contributed by atoms with Gasteiger partial charge in [-0.15, -0.1) is 10.2 Å². The summed E-state index contributed by atoms with van der Waals surface area (Å²) in [5.41, 5.74) is 3.03. The number of aromatic nitrogens is 3. The Labute approximate surface area is 157 Å². The third-order valence-corrected chi connectivity index (χ3v) is 4.62. The molecule has 0 bridgehead atoms. The summed E-state index contributed by atoms with van der Waals surface area (Å²) in [6, 6.07) is 26.0. The molecule has 0 atom stereocenters. The standard InChI is InChI=1S/C22H20N4O/c27-22(23-16-21-25-24-20-13-7-8-14-26(20)21)15-19(17-9-3-1-4-10-17)18-11-5-2-6-12-18/h1-14,19H,15-16H2,(H,23,27). The van der Waals surface area contributed by atoms with Gasteiger partial charge in [0, 0.05) is 18.5 Å². The fourth-order valence-electron chi connectivity index (χ4n) is 3.25. The Kier molecular flexibility index (Phi) is 4.92. The van der Waals surface area contributed by atoms with Crippen LogP contribution in [0.1, 0.15) is 29.3 Å². The summed E-state index contributed by atoms with van der Waals surface area (Å²) in [4.78, 5) is 12.7. The van der Waals surface area contributed by atoms with Crippen molar-refractivity contribution in [1.29, 1.82) is 0 Å². The Bertz CT molecular complexity index is 988. The van der Waals surface area contributed by atoms with Crippen LogP contribution in [0.4, 0.5) is 0 Å². The van der Waals surface area contributed by atoms with Crippen molar-refractivity contribution in [2.24, 2.45) is 0 Å². The first kappa shape index (κ1) is 17.0. The summed E-state index contributed by atoms with van der Waals surface area (Å²) >= 11 is 0. The molecule has 0 aliphatic carbocycles. The van der Waals surface area contributed by atoms with E-state index < -0.39 is 0 Å². The van der Waals surface area contributed by atoms with Crippen molar-refractivity contribution in [3.63, 3.8) is 0 Å². The second-order valence-corrected chi connectivity index (χ2v) is 6.40. The number of hydrogen-bond acceptors (Lipinski definition) is 3. The molecule has 0 aliphatic heterocycles. The first-order valence-corrected chi connectivity index (χ1v) is 8.96. The quantitative estimate of drug-likeness (QED) is 0.575.